The van der Waals surface area contributed by atoms with Gasteiger partial charge in [-0.05, 0) is 31.7 Å². The van der Waals surface area contributed by atoms with Gasteiger partial charge < -0.3 is 15.2 Å². The number of amides is 1. The molecule has 0 atom stereocenters. The Morgan fingerprint density at radius 2 is 1.92 bits per heavy atom. The zero-order chi connectivity index (χ0) is 17.6. The van der Waals surface area contributed by atoms with E-state index in [1.807, 2.05) is 0 Å². The van der Waals surface area contributed by atoms with E-state index in [1.54, 1.807) is 0 Å². The molecule has 2 rings (SSSR count). The summed E-state index contributed by atoms with van der Waals surface area (Å²) < 4.78 is 32.7. The van der Waals surface area contributed by atoms with Crippen LogP contribution in [0.2, 0.25) is 0 Å². The maximum Gasteiger partial charge on any atom is 0.303 e. The minimum atomic E-state index is -1.08. The Labute approximate surface area is 139 Å². The van der Waals surface area contributed by atoms with E-state index in [0.29, 0.717) is 45.4 Å². The first-order chi connectivity index (χ1) is 11.5. The molecule has 0 bridgehead atoms. The van der Waals surface area contributed by atoms with Crippen molar-refractivity contribution in [3.05, 3.63) is 35.4 Å². The summed E-state index contributed by atoms with van der Waals surface area (Å²) >= 11 is 0. The van der Waals surface area contributed by atoms with Gasteiger partial charge in [-0.1, -0.05) is 6.07 Å². The molecule has 0 saturated carbocycles. The monoisotopic (exact) mass is 341 g/mol. The van der Waals surface area contributed by atoms with Gasteiger partial charge in [-0.25, -0.2) is 8.78 Å². The third-order valence-corrected chi connectivity index (χ3v) is 4.33. The molecule has 2 N–H and O–H groups in total. The van der Waals surface area contributed by atoms with Crippen molar-refractivity contribution in [2.75, 3.05) is 19.8 Å². The largest absolute Gasteiger partial charge is 0.481 e. The molecule has 5 nitrogen and oxygen atoms in total. The summed E-state index contributed by atoms with van der Waals surface area (Å²) in [5.41, 5.74) is -0.904. The second-order valence-electron chi connectivity index (χ2n) is 5.93. The minimum absolute atomic E-state index is 0.0431. The van der Waals surface area contributed by atoms with Crippen molar-refractivity contribution in [3.8, 4) is 0 Å². The first-order valence-corrected chi connectivity index (χ1v) is 7.99. The second kappa shape index (κ2) is 8.19. The molecular formula is C17H21F2NO4. The van der Waals surface area contributed by atoms with Gasteiger partial charge in [0, 0.05) is 37.8 Å². The van der Waals surface area contributed by atoms with Gasteiger partial charge in [-0.3, -0.25) is 9.59 Å². The summed E-state index contributed by atoms with van der Waals surface area (Å²) in [6, 6.07) is 3.25. The van der Waals surface area contributed by atoms with Crippen LogP contribution in [0, 0.1) is 11.6 Å². The number of hydrogen-bond donors (Lipinski definition) is 2. The van der Waals surface area contributed by atoms with Crippen LogP contribution in [0.4, 0.5) is 8.78 Å². The first-order valence-electron chi connectivity index (χ1n) is 7.99. The number of benzene rings is 1. The molecule has 1 fully saturated rings. The number of carbonyl (C=O) groups is 2. The highest BCUT2D eigenvalue weighted by Gasteiger charge is 2.43. The lowest BCUT2D eigenvalue weighted by Crippen LogP contribution is -2.48. The lowest BCUT2D eigenvalue weighted by Gasteiger charge is -2.36. The molecule has 1 aliphatic rings. The van der Waals surface area contributed by atoms with Gasteiger partial charge in [0.15, 0.2) is 0 Å². The van der Waals surface area contributed by atoms with Gasteiger partial charge in [0.1, 0.15) is 11.6 Å². The predicted molar refractivity (Wildman–Crippen MR) is 82.6 cm³/mol. The molecule has 0 aromatic heterocycles. The van der Waals surface area contributed by atoms with Crippen LogP contribution in [0.5, 0.6) is 0 Å². The van der Waals surface area contributed by atoms with Crippen molar-refractivity contribution < 1.29 is 28.2 Å². The summed E-state index contributed by atoms with van der Waals surface area (Å²) in [5, 5.41) is 11.4. The summed E-state index contributed by atoms with van der Waals surface area (Å²) in [4.78, 5) is 23.2. The zero-order valence-electron chi connectivity index (χ0n) is 13.3. The van der Waals surface area contributed by atoms with Crippen molar-refractivity contribution in [1.29, 1.82) is 0 Å². The average molecular weight is 341 g/mol. The molecule has 24 heavy (non-hydrogen) atoms. The van der Waals surface area contributed by atoms with Crippen LogP contribution in [0.1, 0.15) is 37.7 Å². The minimum Gasteiger partial charge on any atom is -0.481 e. The zero-order valence-corrected chi connectivity index (χ0v) is 13.3. The van der Waals surface area contributed by atoms with Crippen LogP contribution in [-0.4, -0.2) is 36.7 Å². The SMILES string of the molecule is O=C(O)CCCCNC(=O)C1(c2ccc(F)cc2F)CCOCC1. The van der Waals surface area contributed by atoms with Crippen molar-refractivity contribution in [2.45, 2.75) is 37.5 Å². The van der Waals surface area contributed by atoms with E-state index < -0.39 is 23.0 Å². The topological polar surface area (TPSA) is 75.6 Å². The van der Waals surface area contributed by atoms with Gasteiger partial charge in [0.2, 0.25) is 5.91 Å². The molecule has 1 aromatic rings. The molecule has 0 unspecified atom stereocenters. The molecule has 0 spiro atoms. The van der Waals surface area contributed by atoms with E-state index in [-0.39, 0.29) is 17.9 Å². The average Bonchev–Trinajstić information content (AvgIpc) is 2.54. The lowest BCUT2D eigenvalue weighted by atomic mass is 9.73. The molecule has 132 valence electrons. The predicted octanol–water partition coefficient (Wildman–Crippen LogP) is 2.38. The molecular weight excluding hydrogens is 320 g/mol. The quantitative estimate of drug-likeness (QED) is 0.747. The van der Waals surface area contributed by atoms with E-state index in [2.05, 4.69) is 5.32 Å². The Morgan fingerprint density at radius 1 is 1.21 bits per heavy atom. The van der Waals surface area contributed by atoms with E-state index >= 15 is 0 Å². The lowest BCUT2D eigenvalue weighted by molar-refractivity contribution is -0.137. The van der Waals surface area contributed by atoms with Gasteiger partial charge >= 0.3 is 5.97 Å². The number of carbonyl (C=O) groups excluding carboxylic acids is 1. The first kappa shape index (κ1) is 18.3. The van der Waals surface area contributed by atoms with Crippen LogP contribution in [0.25, 0.3) is 0 Å². The van der Waals surface area contributed by atoms with Crippen molar-refractivity contribution in [3.63, 3.8) is 0 Å². The fraction of sp³-hybridized carbons (Fsp3) is 0.529. The number of unbranched alkanes of at least 4 members (excludes halogenated alkanes) is 1. The highest BCUT2D eigenvalue weighted by atomic mass is 19.1. The Hall–Kier alpha value is -2.02. The summed E-state index contributed by atoms with van der Waals surface area (Å²) in [6.07, 6.45) is 1.65. The van der Waals surface area contributed by atoms with E-state index in [0.717, 1.165) is 12.1 Å². The normalized spacial score (nSPS) is 16.6. The van der Waals surface area contributed by atoms with Crippen molar-refractivity contribution in [1.82, 2.24) is 5.32 Å². The fourth-order valence-electron chi connectivity index (χ4n) is 2.99. The number of rotatable bonds is 7. The number of hydrogen-bond acceptors (Lipinski definition) is 3. The van der Waals surface area contributed by atoms with Crippen LogP contribution >= 0.6 is 0 Å². The fourth-order valence-corrected chi connectivity index (χ4v) is 2.99. The summed E-state index contributed by atoms with van der Waals surface area (Å²) in [5.74, 6) is -2.63. The standard InChI is InChI=1S/C17H21F2NO4/c18-12-4-5-13(14(19)11-12)17(6-9-24-10-7-17)16(23)20-8-2-1-3-15(21)22/h4-5,11H,1-3,6-10H2,(H,20,23)(H,21,22). The Bertz CT molecular complexity index is 600. The number of ether oxygens (including phenoxy) is 1. The number of nitrogens with one attached hydrogen (secondary N) is 1. The molecule has 0 aliphatic carbocycles. The van der Waals surface area contributed by atoms with Crippen molar-refractivity contribution in [2.24, 2.45) is 0 Å². The van der Waals surface area contributed by atoms with Crippen LogP contribution in [0.15, 0.2) is 18.2 Å². The highest BCUT2D eigenvalue weighted by molar-refractivity contribution is 5.88. The maximum absolute atomic E-state index is 14.2. The second-order valence-corrected chi connectivity index (χ2v) is 5.93. The molecule has 1 aliphatic heterocycles. The summed E-state index contributed by atoms with van der Waals surface area (Å²) in [6.45, 7) is 0.962. The molecule has 1 amide bonds. The van der Waals surface area contributed by atoms with Crippen LogP contribution < -0.4 is 5.32 Å². The molecule has 1 aromatic carbocycles. The molecule has 7 heteroatoms. The van der Waals surface area contributed by atoms with E-state index in [1.165, 1.54) is 6.07 Å². The molecule has 1 saturated heterocycles. The Kier molecular flexibility index (Phi) is 6.25. The van der Waals surface area contributed by atoms with Crippen LogP contribution in [-0.2, 0) is 19.7 Å². The molecule has 1 heterocycles. The van der Waals surface area contributed by atoms with Crippen LogP contribution in [0.3, 0.4) is 0 Å². The van der Waals surface area contributed by atoms with Gasteiger partial charge in [0.05, 0.1) is 5.41 Å². The number of carboxylic acid groups (broad SMARTS) is 1. The third-order valence-electron chi connectivity index (χ3n) is 4.33. The Balaban J connectivity index is 2.09. The third kappa shape index (κ3) is 4.29. The van der Waals surface area contributed by atoms with E-state index in [4.69, 9.17) is 9.84 Å². The number of carboxylic acids is 1. The summed E-state index contributed by atoms with van der Waals surface area (Å²) in [7, 11) is 0. The number of halogens is 2. The van der Waals surface area contributed by atoms with Crippen molar-refractivity contribution >= 4 is 11.9 Å². The van der Waals surface area contributed by atoms with Gasteiger partial charge in [-0.15, -0.1) is 0 Å². The van der Waals surface area contributed by atoms with E-state index in [9.17, 15) is 18.4 Å². The highest BCUT2D eigenvalue weighted by Crippen LogP contribution is 2.36. The number of aliphatic carboxylic acids is 1. The van der Waals surface area contributed by atoms with Gasteiger partial charge in [-0.2, -0.15) is 0 Å². The Morgan fingerprint density at radius 3 is 2.54 bits per heavy atom. The molecule has 0 radical (unpaired) electrons. The maximum atomic E-state index is 14.2. The smallest absolute Gasteiger partial charge is 0.303 e. The van der Waals surface area contributed by atoms with Gasteiger partial charge in [0.25, 0.3) is 0 Å².